The Morgan fingerprint density at radius 3 is 2.67 bits per heavy atom. The molecule has 8 rings (SSSR count). The minimum atomic E-state index is -2.65. The lowest BCUT2D eigenvalue weighted by molar-refractivity contribution is 0.0873. The average molecular weight is 636 g/mol. The van der Waals surface area contributed by atoms with E-state index >= 15 is 0 Å². The highest BCUT2D eigenvalue weighted by molar-refractivity contribution is 7.16. The summed E-state index contributed by atoms with van der Waals surface area (Å²) in [5, 5.41) is 20.5. The quantitative estimate of drug-likeness (QED) is 0.324. The number of likely N-dealkylation sites (tertiary alicyclic amines) is 1. The summed E-state index contributed by atoms with van der Waals surface area (Å²) >= 11 is 1.50. The fourth-order valence-electron chi connectivity index (χ4n) is 8.34. The SMILES string of the molecule is CC(C1CCCN1C)n1nc2c3c(nc(-c4noc5c4CCCC54CCCc5sc(N)c(C#N)c54)nc31)N(C)C(C(F)F)CO2. The van der Waals surface area contributed by atoms with Crippen molar-refractivity contribution in [3.05, 3.63) is 27.3 Å². The van der Waals surface area contributed by atoms with Crippen LogP contribution in [0.2, 0.25) is 0 Å². The van der Waals surface area contributed by atoms with E-state index in [4.69, 9.17) is 30.1 Å². The van der Waals surface area contributed by atoms with Crippen LogP contribution in [0, 0.1) is 11.3 Å². The van der Waals surface area contributed by atoms with Gasteiger partial charge >= 0.3 is 0 Å². The molecule has 0 amide bonds. The zero-order valence-corrected chi connectivity index (χ0v) is 26.3. The molecule has 4 atom stereocenters. The number of nitrogens with zero attached hydrogens (tertiary/aromatic N) is 8. The first-order valence-electron chi connectivity index (χ1n) is 15.7. The van der Waals surface area contributed by atoms with Gasteiger partial charge in [0.15, 0.2) is 22.9 Å². The number of alkyl halides is 2. The van der Waals surface area contributed by atoms with Gasteiger partial charge in [0.1, 0.15) is 34.9 Å². The molecule has 2 aliphatic carbocycles. The zero-order chi connectivity index (χ0) is 31.2. The maximum atomic E-state index is 14.3. The number of fused-ring (bicyclic) bond motifs is 4. The predicted molar refractivity (Wildman–Crippen MR) is 165 cm³/mol. The summed E-state index contributed by atoms with van der Waals surface area (Å²) in [6.07, 6.45) is 4.52. The summed E-state index contributed by atoms with van der Waals surface area (Å²) in [4.78, 5) is 14.9. The van der Waals surface area contributed by atoms with Gasteiger partial charge in [0.05, 0.1) is 17.0 Å². The summed E-state index contributed by atoms with van der Waals surface area (Å²) < 4.78 is 42.5. The number of hydrogen-bond donors (Lipinski definition) is 1. The van der Waals surface area contributed by atoms with E-state index in [1.165, 1.54) is 16.2 Å². The van der Waals surface area contributed by atoms with Gasteiger partial charge in [0, 0.05) is 23.5 Å². The molecule has 1 spiro atoms. The molecule has 45 heavy (non-hydrogen) atoms. The molecule has 6 heterocycles. The second-order valence-electron chi connectivity index (χ2n) is 13.0. The summed E-state index contributed by atoms with van der Waals surface area (Å²) in [6.45, 7) is 2.89. The highest BCUT2D eigenvalue weighted by atomic mass is 32.1. The number of aromatic nitrogens is 5. The topological polar surface area (TPSA) is 135 Å². The van der Waals surface area contributed by atoms with Crippen LogP contribution in [0.3, 0.4) is 0 Å². The number of nitriles is 1. The van der Waals surface area contributed by atoms with E-state index in [9.17, 15) is 14.0 Å². The van der Waals surface area contributed by atoms with Gasteiger partial charge in [-0.1, -0.05) is 5.16 Å². The Hall–Kier alpha value is -3.83. The average Bonchev–Trinajstić information content (AvgIpc) is 3.79. The zero-order valence-electron chi connectivity index (χ0n) is 25.5. The smallest absolute Gasteiger partial charge is 0.261 e. The van der Waals surface area contributed by atoms with E-state index < -0.39 is 17.9 Å². The predicted octanol–water partition coefficient (Wildman–Crippen LogP) is 5.07. The van der Waals surface area contributed by atoms with E-state index in [1.807, 2.05) is 4.68 Å². The molecule has 0 bridgehead atoms. The molecule has 2 aliphatic heterocycles. The Morgan fingerprint density at radius 2 is 1.93 bits per heavy atom. The molecule has 1 saturated heterocycles. The van der Waals surface area contributed by atoms with Gasteiger partial charge in [0.2, 0.25) is 5.88 Å². The van der Waals surface area contributed by atoms with Crippen LogP contribution in [0.4, 0.5) is 19.6 Å². The number of likely N-dealkylation sites (N-methyl/N-ethyl adjacent to an activating group) is 2. The molecule has 4 aromatic rings. The van der Waals surface area contributed by atoms with Gasteiger partial charge in [-0.25, -0.2) is 23.4 Å². The van der Waals surface area contributed by atoms with Crippen LogP contribution in [-0.4, -0.2) is 75.6 Å². The van der Waals surface area contributed by atoms with E-state index in [-0.39, 0.29) is 24.6 Å². The Kier molecular flexibility index (Phi) is 6.58. The summed E-state index contributed by atoms with van der Waals surface area (Å²) in [7, 11) is 3.73. The number of halogens is 2. The van der Waals surface area contributed by atoms with Crippen molar-refractivity contribution in [1.29, 1.82) is 5.26 Å². The van der Waals surface area contributed by atoms with Gasteiger partial charge < -0.3 is 24.8 Å². The lowest BCUT2D eigenvalue weighted by Gasteiger charge is -2.39. The van der Waals surface area contributed by atoms with E-state index in [2.05, 4.69) is 30.1 Å². The molecular weight excluding hydrogens is 600 g/mol. The van der Waals surface area contributed by atoms with Crippen molar-refractivity contribution in [2.24, 2.45) is 0 Å². The summed E-state index contributed by atoms with van der Waals surface area (Å²) in [5.74, 6) is 1.66. The van der Waals surface area contributed by atoms with Crippen LogP contribution in [0.1, 0.15) is 78.8 Å². The lowest BCUT2D eigenvalue weighted by atomic mass is 9.63. The van der Waals surface area contributed by atoms with Gasteiger partial charge in [0.25, 0.3) is 6.43 Å². The van der Waals surface area contributed by atoms with E-state index in [0.717, 1.165) is 73.3 Å². The Balaban J connectivity index is 1.32. The van der Waals surface area contributed by atoms with Gasteiger partial charge in [-0.2, -0.15) is 5.26 Å². The fraction of sp³-hybridized carbons (Fsp3) is 0.581. The maximum absolute atomic E-state index is 14.3. The fourth-order valence-corrected chi connectivity index (χ4v) is 9.50. The molecule has 14 heteroatoms. The lowest BCUT2D eigenvalue weighted by Crippen LogP contribution is -2.42. The van der Waals surface area contributed by atoms with Gasteiger partial charge in [-0.15, -0.1) is 16.4 Å². The van der Waals surface area contributed by atoms with Crippen LogP contribution in [0.5, 0.6) is 5.88 Å². The molecule has 236 valence electrons. The molecule has 4 unspecified atom stereocenters. The van der Waals surface area contributed by atoms with Crippen LogP contribution in [0.15, 0.2) is 4.52 Å². The highest BCUT2D eigenvalue weighted by Crippen LogP contribution is 2.55. The van der Waals surface area contributed by atoms with Crippen molar-refractivity contribution in [3.8, 4) is 23.5 Å². The Morgan fingerprint density at radius 1 is 1.13 bits per heavy atom. The number of ether oxygens (including phenoxy) is 1. The Labute approximate surface area is 262 Å². The summed E-state index contributed by atoms with van der Waals surface area (Å²) in [5.41, 5.74) is 9.30. The number of nitrogen functional groups attached to an aromatic ring is 1. The minimum Gasteiger partial charge on any atom is -0.474 e. The molecule has 0 saturated carbocycles. The molecule has 4 aliphatic rings. The molecule has 0 aromatic carbocycles. The van der Waals surface area contributed by atoms with Crippen molar-refractivity contribution in [1.82, 2.24) is 29.8 Å². The number of anilines is 2. The monoisotopic (exact) mass is 635 g/mol. The molecule has 1 fully saturated rings. The van der Waals surface area contributed by atoms with Crippen LogP contribution < -0.4 is 15.4 Å². The van der Waals surface area contributed by atoms with Crippen LogP contribution >= 0.6 is 11.3 Å². The van der Waals surface area contributed by atoms with Crippen molar-refractivity contribution >= 4 is 33.2 Å². The van der Waals surface area contributed by atoms with E-state index in [0.29, 0.717) is 45.4 Å². The van der Waals surface area contributed by atoms with Crippen molar-refractivity contribution < 1.29 is 18.0 Å². The third-order valence-electron chi connectivity index (χ3n) is 10.6. The number of thiophene rings is 1. The largest absolute Gasteiger partial charge is 0.474 e. The molecular formula is C31H35F2N9O2S. The third kappa shape index (κ3) is 4.05. The van der Waals surface area contributed by atoms with Crippen LogP contribution in [-0.2, 0) is 18.3 Å². The Bertz CT molecular complexity index is 1860. The molecule has 0 radical (unpaired) electrons. The number of nitrogens with two attached hydrogens (primary N) is 1. The second-order valence-corrected chi connectivity index (χ2v) is 14.1. The normalized spacial score (nSPS) is 25.3. The van der Waals surface area contributed by atoms with Crippen LogP contribution in [0.25, 0.3) is 22.6 Å². The summed E-state index contributed by atoms with van der Waals surface area (Å²) in [6, 6.07) is 1.35. The first kappa shape index (κ1) is 28.6. The molecule has 11 nitrogen and oxygen atoms in total. The number of hydrogen-bond acceptors (Lipinski definition) is 11. The standard InChI is InChI=1S/C31H35F2N9O2S/c1-15(18-8-6-12-40(18)2)42-29-21-28(41(3)19(25(32)33)14-43-30(21)38-42)36-27(37-29)23-16-7-4-10-31(24(16)44-39-23)11-5-9-20-22(31)17(13-34)26(35)45-20/h15,18-19,25H,4-12,14,35H2,1-3H3. The first-order chi connectivity index (χ1) is 21.7. The van der Waals surface area contributed by atoms with Gasteiger partial charge in [-0.3, -0.25) is 0 Å². The first-order valence-corrected chi connectivity index (χ1v) is 16.5. The highest BCUT2D eigenvalue weighted by Gasteiger charge is 2.49. The minimum absolute atomic E-state index is 0.0489. The van der Waals surface area contributed by atoms with Crippen molar-refractivity contribution in [2.45, 2.75) is 88.3 Å². The number of rotatable bonds is 4. The van der Waals surface area contributed by atoms with Gasteiger partial charge in [-0.05, 0) is 77.4 Å². The third-order valence-corrected chi connectivity index (χ3v) is 11.7. The second kappa shape index (κ2) is 10.3. The molecule has 2 N–H and O–H groups in total. The number of aryl methyl sites for hydroxylation is 1. The maximum Gasteiger partial charge on any atom is 0.261 e. The van der Waals surface area contributed by atoms with Crippen molar-refractivity contribution in [2.75, 3.05) is 37.9 Å². The van der Waals surface area contributed by atoms with Crippen molar-refractivity contribution in [3.63, 3.8) is 0 Å². The molecule has 4 aromatic heterocycles. The van der Waals surface area contributed by atoms with E-state index in [1.54, 1.807) is 7.05 Å².